The summed E-state index contributed by atoms with van der Waals surface area (Å²) in [5.41, 5.74) is 1.10. The Morgan fingerprint density at radius 3 is 3.06 bits per heavy atom. The number of carbonyl (C=O) groups excluding carboxylic acids is 1. The zero-order valence-electron chi connectivity index (χ0n) is 10.4. The smallest absolute Gasteiger partial charge is 0.246 e. The van der Waals surface area contributed by atoms with Gasteiger partial charge in [0.1, 0.15) is 11.4 Å². The van der Waals surface area contributed by atoms with E-state index in [2.05, 4.69) is 12.6 Å². The number of amides is 1. The Hall–Kier alpha value is -1.77. The molecule has 18 heavy (non-hydrogen) atoms. The van der Waals surface area contributed by atoms with Crippen LogP contribution in [0, 0.1) is 0 Å². The quantitative estimate of drug-likeness (QED) is 0.707. The van der Waals surface area contributed by atoms with Crippen molar-refractivity contribution in [1.82, 2.24) is 4.90 Å². The first kappa shape index (κ1) is 11.3. The average Bonchev–Trinajstić information content (AvgIpc) is 2.81. The molecule has 3 nitrogen and oxygen atoms in total. The molecule has 0 radical (unpaired) electrons. The van der Waals surface area contributed by atoms with Crippen molar-refractivity contribution in [2.24, 2.45) is 0 Å². The maximum Gasteiger partial charge on any atom is 0.246 e. The second-order valence-electron chi connectivity index (χ2n) is 5.11. The minimum absolute atomic E-state index is 0.00864. The van der Waals surface area contributed by atoms with Gasteiger partial charge in [-0.05, 0) is 30.5 Å². The number of hydrogen-bond acceptors (Lipinski definition) is 2. The van der Waals surface area contributed by atoms with Gasteiger partial charge in [-0.25, -0.2) is 0 Å². The average molecular weight is 243 g/mol. The van der Waals surface area contributed by atoms with Gasteiger partial charge in [0.15, 0.2) is 0 Å². The normalized spacial score (nSPS) is 25.7. The second kappa shape index (κ2) is 4.16. The highest BCUT2D eigenvalue weighted by atomic mass is 16.5. The third-order valence-electron chi connectivity index (χ3n) is 3.95. The van der Waals surface area contributed by atoms with Gasteiger partial charge in [-0.3, -0.25) is 4.79 Å². The van der Waals surface area contributed by atoms with Crippen molar-refractivity contribution in [1.29, 1.82) is 0 Å². The summed E-state index contributed by atoms with van der Waals surface area (Å²) >= 11 is 0. The number of para-hydroxylation sites is 1. The third-order valence-corrected chi connectivity index (χ3v) is 3.95. The van der Waals surface area contributed by atoms with E-state index in [-0.39, 0.29) is 11.5 Å². The lowest BCUT2D eigenvalue weighted by molar-refractivity contribution is -0.125. The summed E-state index contributed by atoms with van der Waals surface area (Å²) in [5.74, 6) is 0.992. The van der Waals surface area contributed by atoms with Crippen molar-refractivity contribution >= 4 is 5.91 Å². The molecular weight excluding hydrogens is 226 g/mol. The lowest BCUT2D eigenvalue weighted by Crippen LogP contribution is -2.43. The molecule has 0 aromatic heterocycles. The van der Waals surface area contributed by atoms with Crippen molar-refractivity contribution in [2.45, 2.75) is 24.9 Å². The Kier molecular flexibility index (Phi) is 2.62. The minimum atomic E-state index is -0.174. The summed E-state index contributed by atoms with van der Waals surface area (Å²) < 4.78 is 6.18. The number of rotatable bonds is 1. The fraction of sp³-hybridized carbons (Fsp3) is 0.400. The van der Waals surface area contributed by atoms with Gasteiger partial charge in [-0.1, -0.05) is 24.8 Å². The Morgan fingerprint density at radius 2 is 2.22 bits per heavy atom. The van der Waals surface area contributed by atoms with Crippen molar-refractivity contribution in [3.63, 3.8) is 0 Å². The number of fused-ring (bicyclic) bond motifs is 1. The van der Waals surface area contributed by atoms with Crippen LogP contribution in [0.25, 0.3) is 0 Å². The van der Waals surface area contributed by atoms with Crippen LogP contribution in [0.5, 0.6) is 5.75 Å². The topological polar surface area (TPSA) is 29.5 Å². The standard InChI is InChI=1S/C15H17NO2/c1-2-14(17)16-10-9-15(11-16)8-7-12-5-3-4-6-13(12)18-15/h2-6H,1,7-11H2/t15-/m1/s1. The van der Waals surface area contributed by atoms with Gasteiger partial charge in [-0.2, -0.15) is 0 Å². The van der Waals surface area contributed by atoms with Crippen LogP contribution in [-0.2, 0) is 11.2 Å². The molecular formula is C15H17NO2. The van der Waals surface area contributed by atoms with E-state index in [0.29, 0.717) is 6.54 Å². The van der Waals surface area contributed by atoms with Crippen molar-refractivity contribution in [3.8, 4) is 5.75 Å². The van der Waals surface area contributed by atoms with Gasteiger partial charge in [0.2, 0.25) is 5.91 Å². The Morgan fingerprint density at radius 1 is 1.39 bits per heavy atom. The maximum atomic E-state index is 11.6. The van der Waals surface area contributed by atoms with Crippen molar-refractivity contribution in [3.05, 3.63) is 42.5 Å². The number of aryl methyl sites for hydroxylation is 1. The number of nitrogens with zero attached hydrogens (tertiary/aromatic N) is 1. The van der Waals surface area contributed by atoms with E-state index >= 15 is 0 Å². The lowest BCUT2D eigenvalue weighted by atomic mass is 9.90. The number of hydrogen-bond donors (Lipinski definition) is 0. The van der Waals surface area contributed by atoms with E-state index in [1.54, 1.807) is 0 Å². The van der Waals surface area contributed by atoms with Crippen LogP contribution >= 0.6 is 0 Å². The Bertz CT molecular complexity index is 497. The zero-order chi connectivity index (χ0) is 12.6. The molecule has 1 atom stereocenters. The summed E-state index contributed by atoms with van der Waals surface area (Å²) in [4.78, 5) is 13.5. The fourth-order valence-corrected chi connectivity index (χ4v) is 2.91. The molecule has 0 bridgehead atoms. The molecule has 2 aliphatic rings. The van der Waals surface area contributed by atoms with Crippen LogP contribution in [0.2, 0.25) is 0 Å². The monoisotopic (exact) mass is 243 g/mol. The van der Waals surface area contributed by atoms with Gasteiger partial charge < -0.3 is 9.64 Å². The molecule has 3 heteroatoms. The lowest BCUT2D eigenvalue weighted by Gasteiger charge is -2.35. The van der Waals surface area contributed by atoms with E-state index in [1.165, 1.54) is 11.6 Å². The van der Waals surface area contributed by atoms with E-state index < -0.39 is 0 Å². The van der Waals surface area contributed by atoms with Crippen LogP contribution in [0.3, 0.4) is 0 Å². The molecule has 0 unspecified atom stereocenters. The summed E-state index contributed by atoms with van der Waals surface area (Å²) in [7, 11) is 0. The van der Waals surface area contributed by atoms with Gasteiger partial charge in [0.25, 0.3) is 0 Å². The molecule has 1 aromatic rings. The molecule has 0 N–H and O–H groups in total. The molecule has 2 heterocycles. The molecule has 94 valence electrons. The van der Waals surface area contributed by atoms with Crippen LogP contribution in [0.1, 0.15) is 18.4 Å². The van der Waals surface area contributed by atoms with Crippen LogP contribution in [-0.4, -0.2) is 29.5 Å². The van der Waals surface area contributed by atoms with E-state index in [0.717, 1.165) is 31.6 Å². The molecule has 1 spiro atoms. The van der Waals surface area contributed by atoms with Crippen LogP contribution in [0.4, 0.5) is 0 Å². The van der Waals surface area contributed by atoms with E-state index in [4.69, 9.17) is 4.74 Å². The molecule has 1 saturated heterocycles. The number of benzene rings is 1. The van der Waals surface area contributed by atoms with Gasteiger partial charge in [0, 0.05) is 13.0 Å². The SMILES string of the molecule is C=CC(=O)N1CC[C@]2(CCc3ccccc3O2)C1. The maximum absolute atomic E-state index is 11.6. The number of carbonyl (C=O) groups is 1. The zero-order valence-corrected chi connectivity index (χ0v) is 10.4. The molecule has 2 aliphatic heterocycles. The molecule has 3 rings (SSSR count). The second-order valence-corrected chi connectivity index (χ2v) is 5.11. The number of likely N-dealkylation sites (tertiary alicyclic amines) is 1. The molecule has 0 saturated carbocycles. The summed E-state index contributed by atoms with van der Waals surface area (Å²) in [6, 6.07) is 8.18. The van der Waals surface area contributed by atoms with Gasteiger partial charge in [0.05, 0.1) is 6.54 Å². The van der Waals surface area contributed by atoms with Crippen molar-refractivity contribution < 1.29 is 9.53 Å². The highest BCUT2D eigenvalue weighted by molar-refractivity contribution is 5.87. The highest BCUT2D eigenvalue weighted by Gasteiger charge is 2.43. The minimum Gasteiger partial charge on any atom is -0.485 e. The Labute approximate surface area is 107 Å². The van der Waals surface area contributed by atoms with Crippen LogP contribution < -0.4 is 4.74 Å². The van der Waals surface area contributed by atoms with E-state index in [9.17, 15) is 4.79 Å². The summed E-state index contributed by atoms with van der Waals surface area (Å²) in [6.07, 6.45) is 4.33. The Balaban J connectivity index is 1.80. The van der Waals surface area contributed by atoms with Crippen molar-refractivity contribution in [2.75, 3.05) is 13.1 Å². The first-order valence-electron chi connectivity index (χ1n) is 6.41. The first-order chi connectivity index (χ1) is 8.72. The van der Waals surface area contributed by atoms with Gasteiger partial charge >= 0.3 is 0 Å². The predicted molar refractivity (Wildman–Crippen MR) is 69.5 cm³/mol. The third kappa shape index (κ3) is 1.80. The fourth-order valence-electron chi connectivity index (χ4n) is 2.91. The summed E-state index contributed by atoms with van der Waals surface area (Å²) in [5, 5.41) is 0. The number of ether oxygens (including phenoxy) is 1. The molecule has 0 aliphatic carbocycles. The molecule has 1 amide bonds. The van der Waals surface area contributed by atoms with Gasteiger partial charge in [-0.15, -0.1) is 0 Å². The first-order valence-corrected chi connectivity index (χ1v) is 6.41. The highest BCUT2D eigenvalue weighted by Crippen LogP contribution is 2.38. The largest absolute Gasteiger partial charge is 0.485 e. The predicted octanol–water partition coefficient (Wildman–Crippen LogP) is 2.17. The molecule has 1 aromatic carbocycles. The molecule has 1 fully saturated rings. The van der Waals surface area contributed by atoms with Crippen LogP contribution in [0.15, 0.2) is 36.9 Å². The summed E-state index contributed by atoms with van der Waals surface area (Å²) in [6.45, 7) is 5.00. The van der Waals surface area contributed by atoms with E-state index in [1.807, 2.05) is 23.1 Å².